The number of carbonyl (C=O) groups excluding carboxylic acids is 1. The molecule has 0 N–H and O–H groups in total. The standard InChI is InChI=1S/C6H13NO4S/c1-4-7(12(9)10)6(8)11-5(2)3/h5H,4H2,1-3H3,(H,9,10)/p-1. The number of carbonyl (C=O) groups is 1. The summed E-state index contributed by atoms with van der Waals surface area (Å²) in [6, 6.07) is 0. The Kier molecular flexibility index (Phi) is 4.84. The van der Waals surface area contributed by atoms with E-state index in [-0.39, 0.29) is 12.6 Å². The third kappa shape index (κ3) is 3.68. The molecule has 1 amide bonds. The molecular formula is C6H12NO4S-. The van der Waals surface area contributed by atoms with Crippen LogP contribution < -0.4 is 0 Å². The Bertz CT molecular complexity index is 182. The molecule has 0 aromatic heterocycles. The van der Waals surface area contributed by atoms with E-state index in [1.165, 1.54) is 0 Å². The van der Waals surface area contributed by atoms with E-state index in [2.05, 4.69) is 4.74 Å². The van der Waals surface area contributed by atoms with Gasteiger partial charge in [-0.1, -0.05) is 0 Å². The highest BCUT2D eigenvalue weighted by Gasteiger charge is 2.14. The van der Waals surface area contributed by atoms with Gasteiger partial charge in [0.15, 0.2) is 0 Å². The molecule has 0 fully saturated rings. The summed E-state index contributed by atoms with van der Waals surface area (Å²) in [5.74, 6) is 0. The first-order valence-electron chi connectivity index (χ1n) is 3.56. The van der Waals surface area contributed by atoms with Crippen LogP contribution in [0.25, 0.3) is 0 Å². The molecule has 0 radical (unpaired) electrons. The van der Waals surface area contributed by atoms with Crippen molar-refractivity contribution in [2.24, 2.45) is 0 Å². The van der Waals surface area contributed by atoms with Crippen LogP contribution in [0.2, 0.25) is 0 Å². The predicted molar refractivity (Wildman–Crippen MR) is 42.9 cm³/mol. The van der Waals surface area contributed by atoms with Crippen LogP contribution in [-0.4, -0.2) is 31.8 Å². The second-order valence-corrected chi connectivity index (χ2v) is 3.22. The Morgan fingerprint density at radius 3 is 2.42 bits per heavy atom. The molecule has 0 rings (SSSR count). The minimum Gasteiger partial charge on any atom is -0.755 e. The van der Waals surface area contributed by atoms with Gasteiger partial charge in [-0.15, -0.1) is 0 Å². The lowest BCUT2D eigenvalue weighted by Crippen LogP contribution is -2.34. The molecule has 1 atom stereocenters. The molecule has 0 bridgehead atoms. The highest BCUT2D eigenvalue weighted by molar-refractivity contribution is 7.77. The zero-order valence-corrected chi connectivity index (χ0v) is 8.09. The van der Waals surface area contributed by atoms with E-state index in [0.717, 1.165) is 0 Å². The van der Waals surface area contributed by atoms with Crippen LogP contribution in [0.15, 0.2) is 0 Å². The lowest BCUT2D eigenvalue weighted by molar-refractivity contribution is 0.0973. The second kappa shape index (κ2) is 5.10. The summed E-state index contributed by atoms with van der Waals surface area (Å²) in [4.78, 5) is 10.9. The van der Waals surface area contributed by atoms with Gasteiger partial charge in [-0.3, -0.25) is 4.21 Å². The molecule has 0 spiro atoms. The number of hydrogen-bond acceptors (Lipinski definition) is 4. The Hall–Kier alpha value is -0.620. The minimum absolute atomic E-state index is 0.0850. The molecule has 0 aliphatic heterocycles. The Balaban J connectivity index is 4.13. The third-order valence-corrected chi connectivity index (χ3v) is 1.77. The summed E-state index contributed by atoms with van der Waals surface area (Å²) in [5, 5.41) is 0. The molecule has 5 nitrogen and oxygen atoms in total. The van der Waals surface area contributed by atoms with E-state index in [9.17, 15) is 13.6 Å². The van der Waals surface area contributed by atoms with Crippen molar-refractivity contribution in [3.63, 3.8) is 0 Å². The van der Waals surface area contributed by atoms with Crippen molar-refractivity contribution in [2.75, 3.05) is 6.54 Å². The summed E-state index contributed by atoms with van der Waals surface area (Å²) in [5.41, 5.74) is 0. The van der Waals surface area contributed by atoms with Crippen molar-refractivity contribution >= 4 is 17.4 Å². The van der Waals surface area contributed by atoms with Crippen molar-refractivity contribution in [1.82, 2.24) is 4.31 Å². The molecule has 12 heavy (non-hydrogen) atoms. The zero-order valence-electron chi connectivity index (χ0n) is 7.27. The Morgan fingerprint density at radius 1 is 1.67 bits per heavy atom. The van der Waals surface area contributed by atoms with E-state index in [1.54, 1.807) is 20.8 Å². The molecule has 0 saturated carbocycles. The Labute approximate surface area is 74.1 Å². The van der Waals surface area contributed by atoms with Crippen LogP contribution in [0.4, 0.5) is 4.79 Å². The second-order valence-electron chi connectivity index (χ2n) is 2.34. The highest BCUT2D eigenvalue weighted by Crippen LogP contribution is 1.99. The molecule has 0 heterocycles. The number of amides is 1. The van der Waals surface area contributed by atoms with Gasteiger partial charge in [0.2, 0.25) is 0 Å². The van der Waals surface area contributed by atoms with E-state index in [0.29, 0.717) is 4.31 Å². The lowest BCUT2D eigenvalue weighted by Gasteiger charge is -2.22. The van der Waals surface area contributed by atoms with E-state index in [1.807, 2.05) is 0 Å². The van der Waals surface area contributed by atoms with Crippen molar-refractivity contribution in [3.05, 3.63) is 0 Å². The van der Waals surface area contributed by atoms with Crippen LogP contribution in [0.3, 0.4) is 0 Å². The van der Waals surface area contributed by atoms with Gasteiger partial charge in [0.25, 0.3) is 0 Å². The van der Waals surface area contributed by atoms with Crippen LogP contribution in [-0.2, 0) is 16.0 Å². The fourth-order valence-electron chi connectivity index (χ4n) is 0.556. The first-order valence-corrected chi connectivity index (χ1v) is 4.59. The van der Waals surface area contributed by atoms with Gasteiger partial charge in [0, 0.05) is 6.54 Å². The maximum absolute atomic E-state index is 10.9. The normalized spacial score (nSPS) is 12.8. The first kappa shape index (κ1) is 11.4. The van der Waals surface area contributed by atoms with Crippen molar-refractivity contribution in [2.45, 2.75) is 26.9 Å². The van der Waals surface area contributed by atoms with Gasteiger partial charge in [-0.05, 0) is 20.8 Å². The van der Waals surface area contributed by atoms with Crippen molar-refractivity contribution in [3.8, 4) is 0 Å². The minimum atomic E-state index is -2.54. The van der Waals surface area contributed by atoms with Crippen LogP contribution in [0.1, 0.15) is 20.8 Å². The van der Waals surface area contributed by atoms with Gasteiger partial charge < -0.3 is 9.29 Å². The van der Waals surface area contributed by atoms with Gasteiger partial charge in [0.05, 0.1) is 17.4 Å². The number of hydrogen-bond donors (Lipinski definition) is 0. The molecule has 0 aromatic carbocycles. The average Bonchev–Trinajstić information content (AvgIpc) is 1.85. The molecule has 0 aromatic rings. The lowest BCUT2D eigenvalue weighted by atomic mass is 10.5. The quantitative estimate of drug-likeness (QED) is 0.618. The molecule has 0 aliphatic carbocycles. The van der Waals surface area contributed by atoms with Gasteiger partial charge in [-0.25, -0.2) is 9.10 Å². The van der Waals surface area contributed by atoms with Gasteiger partial charge >= 0.3 is 6.09 Å². The molecule has 0 saturated heterocycles. The van der Waals surface area contributed by atoms with Crippen LogP contribution in [0, 0.1) is 0 Å². The van der Waals surface area contributed by atoms with Crippen molar-refractivity contribution < 1.29 is 18.3 Å². The maximum atomic E-state index is 10.9. The van der Waals surface area contributed by atoms with Crippen LogP contribution in [0.5, 0.6) is 0 Å². The van der Waals surface area contributed by atoms with Gasteiger partial charge in [-0.2, -0.15) is 0 Å². The predicted octanol–water partition coefficient (Wildman–Crippen LogP) is 0.647. The topological polar surface area (TPSA) is 69.7 Å². The molecule has 6 heteroatoms. The summed E-state index contributed by atoms with van der Waals surface area (Å²) < 4.78 is 26.0. The Morgan fingerprint density at radius 2 is 2.17 bits per heavy atom. The number of ether oxygens (including phenoxy) is 1. The fraction of sp³-hybridized carbons (Fsp3) is 0.833. The summed E-state index contributed by atoms with van der Waals surface area (Å²) in [7, 11) is 0. The number of rotatable bonds is 3. The maximum Gasteiger partial charge on any atom is 0.421 e. The highest BCUT2D eigenvalue weighted by atomic mass is 32.2. The first-order chi connectivity index (χ1) is 5.49. The largest absolute Gasteiger partial charge is 0.755 e. The summed E-state index contributed by atoms with van der Waals surface area (Å²) in [6.45, 7) is 4.94. The molecule has 0 aliphatic rings. The summed E-state index contributed by atoms with van der Waals surface area (Å²) in [6.07, 6.45) is -1.14. The summed E-state index contributed by atoms with van der Waals surface area (Å²) >= 11 is -2.54. The average molecular weight is 194 g/mol. The monoisotopic (exact) mass is 194 g/mol. The smallest absolute Gasteiger partial charge is 0.421 e. The van der Waals surface area contributed by atoms with E-state index in [4.69, 9.17) is 0 Å². The molecule has 1 unspecified atom stereocenters. The van der Waals surface area contributed by atoms with E-state index < -0.39 is 17.4 Å². The molecular weight excluding hydrogens is 182 g/mol. The molecule has 72 valence electrons. The van der Waals surface area contributed by atoms with Crippen molar-refractivity contribution in [1.29, 1.82) is 0 Å². The number of nitrogens with zero attached hydrogens (tertiary/aromatic N) is 1. The SMILES string of the molecule is CCN(C(=O)OC(C)C)S(=O)[O-]. The zero-order chi connectivity index (χ0) is 9.72. The van der Waals surface area contributed by atoms with Crippen LogP contribution >= 0.6 is 0 Å². The fourth-order valence-corrected chi connectivity index (χ4v) is 0.931. The van der Waals surface area contributed by atoms with E-state index >= 15 is 0 Å². The third-order valence-electron chi connectivity index (χ3n) is 1.01. The van der Waals surface area contributed by atoms with Gasteiger partial charge in [0.1, 0.15) is 0 Å².